The molecule has 0 amide bonds. The Hall–Kier alpha value is -1.69. The van der Waals surface area contributed by atoms with Gasteiger partial charge in [0.1, 0.15) is 0 Å². The van der Waals surface area contributed by atoms with Gasteiger partial charge in [-0.15, -0.1) is 0 Å². The van der Waals surface area contributed by atoms with Gasteiger partial charge in [-0.05, 0) is 36.6 Å². The number of aryl methyl sites for hydroxylation is 2. The summed E-state index contributed by atoms with van der Waals surface area (Å²) in [7, 11) is -3.57. The van der Waals surface area contributed by atoms with Crippen molar-refractivity contribution in [3.63, 3.8) is 0 Å². The van der Waals surface area contributed by atoms with Gasteiger partial charge in [-0.1, -0.05) is 48.9 Å². The van der Waals surface area contributed by atoms with Crippen LogP contribution < -0.4 is 5.73 Å². The quantitative estimate of drug-likeness (QED) is 0.830. The summed E-state index contributed by atoms with van der Waals surface area (Å²) in [5, 5.41) is 9.28. The summed E-state index contributed by atoms with van der Waals surface area (Å²) in [6, 6.07) is 14.8. The number of hydrogen-bond acceptors (Lipinski definition) is 4. The van der Waals surface area contributed by atoms with Gasteiger partial charge in [0.25, 0.3) is 0 Å². The molecule has 1 aliphatic rings. The third-order valence-corrected chi connectivity index (χ3v) is 7.82. The van der Waals surface area contributed by atoms with Gasteiger partial charge >= 0.3 is 0 Å². The van der Waals surface area contributed by atoms with Gasteiger partial charge in [0.15, 0.2) is 9.84 Å². The molecule has 0 aromatic heterocycles. The van der Waals surface area contributed by atoms with E-state index in [1.54, 1.807) is 24.3 Å². The molecule has 1 aliphatic carbocycles. The Bertz CT molecular complexity index is 838. The van der Waals surface area contributed by atoms with E-state index in [1.807, 2.05) is 31.2 Å². The first-order valence-electron chi connectivity index (χ1n) is 8.61. The fourth-order valence-electron chi connectivity index (χ4n) is 3.78. The molecule has 0 heterocycles. The molecular formula is C20H25NO3S. The van der Waals surface area contributed by atoms with Gasteiger partial charge in [-0.25, -0.2) is 8.42 Å². The first-order valence-corrected chi connectivity index (χ1v) is 10.2. The van der Waals surface area contributed by atoms with E-state index in [1.165, 1.54) is 5.56 Å². The van der Waals surface area contributed by atoms with Crippen molar-refractivity contribution in [2.24, 2.45) is 11.1 Å². The lowest BCUT2D eigenvalue weighted by Crippen LogP contribution is -2.27. The van der Waals surface area contributed by atoms with E-state index in [4.69, 9.17) is 5.73 Å². The summed E-state index contributed by atoms with van der Waals surface area (Å²) >= 11 is 0. The van der Waals surface area contributed by atoms with Crippen LogP contribution in [0.2, 0.25) is 0 Å². The minimum atomic E-state index is -3.57. The fraction of sp³-hybridized carbons (Fsp3) is 0.400. The molecule has 0 aliphatic heterocycles. The van der Waals surface area contributed by atoms with E-state index < -0.39 is 20.5 Å². The highest BCUT2D eigenvalue weighted by Gasteiger charge is 2.70. The summed E-state index contributed by atoms with van der Waals surface area (Å²) in [5.41, 5.74) is 8.25. The van der Waals surface area contributed by atoms with Gasteiger partial charge in [-0.2, -0.15) is 0 Å². The maximum Gasteiger partial charge on any atom is 0.182 e. The van der Waals surface area contributed by atoms with Crippen LogP contribution in [0.15, 0.2) is 53.4 Å². The largest absolute Gasteiger partial charge is 0.396 e. The third kappa shape index (κ3) is 2.90. The van der Waals surface area contributed by atoms with Crippen LogP contribution in [0, 0.1) is 12.3 Å². The van der Waals surface area contributed by atoms with E-state index in [9.17, 15) is 13.5 Å². The molecule has 0 saturated heterocycles. The Kier molecular flexibility index (Phi) is 4.75. The van der Waals surface area contributed by atoms with Gasteiger partial charge in [0.05, 0.1) is 16.8 Å². The van der Waals surface area contributed by atoms with Crippen molar-refractivity contribution in [2.75, 3.05) is 13.2 Å². The van der Waals surface area contributed by atoms with E-state index in [0.717, 1.165) is 17.5 Å². The normalized spacial score (nSPS) is 25.8. The van der Waals surface area contributed by atoms with Crippen molar-refractivity contribution in [3.05, 3.63) is 65.2 Å². The molecule has 1 fully saturated rings. The first-order chi connectivity index (χ1) is 11.9. The number of sulfone groups is 1. The third-order valence-electron chi connectivity index (χ3n) is 5.48. The minimum absolute atomic E-state index is 0.138. The SMILES string of the molecule is CCc1ccc([C@@H]2[C@@H](S(=O)(=O)c3ccc(C)cc3)[C@]2(CN)CO)cc1. The maximum absolute atomic E-state index is 13.2. The van der Waals surface area contributed by atoms with Crippen LogP contribution in [0.5, 0.6) is 0 Å². The van der Waals surface area contributed by atoms with Crippen LogP contribution in [-0.2, 0) is 16.3 Å². The smallest absolute Gasteiger partial charge is 0.182 e. The number of aliphatic hydroxyl groups excluding tert-OH is 1. The van der Waals surface area contributed by atoms with Crippen molar-refractivity contribution < 1.29 is 13.5 Å². The van der Waals surface area contributed by atoms with Crippen LogP contribution in [0.1, 0.15) is 29.5 Å². The number of rotatable bonds is 6. The van der Waals surface area contributed by atoms with Gasteiger partial charge < -0.3 is 10.8 Å². The van der Waals surface area contributed by atoms with Crippen molar-refractivity contribution in [1.29, 1.82) is 0 Å². The molecule has 2 aromatic rings. The molecule has 3 rings (SSSR count). The molecule has 5 heteroatoms. The average molecular weight is 359 g/mol. The fourth-order valence-corrected chi connectivity index (χ4v) is 6.23. The number of aliphatic hydroxyl groups is 1. The van der Waals surface area contributed by atoms with Crippen LogP contribution in [0.4, 0.5) is 0 Å². The second-order valence-electron chi connectivity index (χ2n) is 6.95. The number of benzene rings is 2. The van der Waals surface area contributed by atoms with Gasteiger partial charge in [0.2, 0.25) is 0 Å². The molecule has 1 saturated carbocycles. The molecule has 0 spiro atoms. The van der Waals surface area contributed by atoms with E-state index in [0.29, 0.717) is 4.90 Å². The first kappa shape index (κ1) is 18.1. The standard InChI is InChI=1S/C20H25NO3S/c1-3-15-6-8-16(9-7-15)18-19(20(18,12-21)13-22)25(23,24)17-10-4-14(2)5-11-17/h4-11,18-19,22H,3,12-13,21H2,1-2H3/t18-,19-,20-/m1/s1. The molecule has 0 bridgehead atoms. The zero-order valence-corrected chi connectivity index (χ0v) is 15.5. The van der Waals surface area contributed by atoms with Crippen molar-refractivity contribution in [2.45, 2.75) is 36.3 Å². The highest BCUT2D eigenvalue weighted by Crippen LogP contribution is 2.63. The molecule has 4 nitrogen and oxygen atoms in total. The lowest BCUT2D eigenvalue weighted by Gasteiger charge is -2.12. The highest BCUT2D eigenvalue weighted by atomic mass is 32.2. The predicted molar refractivity (Wildman–Crippen MR) is 99.3 cm³/mol. The summed E-state index contributed by atoms with van der Waals surface area (Å²) < 4.78 is 26.4. The molecule has 0 radical (unpaired) electrons. The zero-order valence-electron chi connectivity index (χ0n) is 14.6. The van der Waals surface area contributed by atoms with Crippen LogP contribution in [0.3, 0.4) is 0 Å². The molecule has 134 valence electrons. The van der Waals surface area contributed by atoms with Crippen LogP contribution >= 0.6 is 0 Å². The Balaban J connectivity index is 2.02. The summed E-state index contributed by atoms with van der Waals surface area (Å²) in [6.45, 7) is 3.90. The predicted octanol–water partition coefficient (Wildman–Crippen LogP) is 2.43. The monoisotopic (exact) mass is 359 g/mol. The van der Waals surface area contributed by atoms with Crippen LogP contribution in [-0.4, -0.2) is 31.9 Å². The lowest BCUT2D eigenvalue weighted by molar-refractivity contribution is 0.212. The highest BCUT2D eigenvalue weighted by molar-refractivity contribution is 7.92. The van der Waals surface area contributed by atoms with Crippen molar-refractivity contribution in [3.8, 4) is 0 Å². The topological polar surface area (TPSA) is 80.4 Å². The molecule has 3 atom stereocenters. The zero-order chi connectivity index (χ0) is 18.2. The van der Waals surface area contributed by atoms with E-state index in [-0.39, 0.29) is 19.1 Å². The summed E-state index contributed by atoms with van der Waals surface area (Å²) in [5.74, 6) is -0.278. The minimum Gasteiger partial charge on any atom is -0.396 e. The Morgan fingerprint density at radius 3 is 2.16 bits per heavy atom. The lowest BCUT2D eigenvalue weighted by atomic mass is 9.99. The number of hydrogen-bond donors (Lipinski definition) is 2. The molecule has 0 unspecified atom stereocenters. The Morgan fingerprint density at radius 1 is 1.08 bits per heavy atom. The molecule has 3 N–H and O–H groups in total. The van der Waals surface area contributed by atoms with Crippen molar-refractivity contribution >= 4 is 9.84 Å². The molecule has 2 aromatic carbocycles. The van der Waals surface area contributed by atoms with Crippen molar-refractivity contribution in [1.82, 2.24) is 0 Å². The van der Waals surface area contributed by atoms with Gasteiger partial charge in [-0.3, -0.25) is 0 Å². The molecular weight excluding hydrogens is 334 g/mol. The average Bonchev–Trinajstić information content (AvgIpc) is 3.33. The van der Waals surface area contributed by atoms with Gasteiger partial charge in [0, 0.05) is 17.9 Å². The second kappa shape index (κ2) is 6.56. The molecule has 25 heavy (non-hydrogen) atoms. The Labute approximate surface area is 149 Å². The summed E-state index contributed by atoms with van der Waals surface area (Å²) in [4.78, 5) is 0.294. The van der Waals surface area contributed by atoms with E-state index in [2.05, 4.69) is 6.92 Å². The number of nitrogens with two attached hydrogens (primary N) is 1. The Morgan fingerprint density at radius 2 is 1.68 bits per heavy atom. The second-order valence-corrected chi connectivity index (χ2v) is 9.02. The van der Waals surface area contributed by atoms with Crippen LogP contribution in [0.25, 0.3) is 0 Å². The summed E-state index contributed by atoms with van der Waals surface area (Å²) in [6.07, 6.45) is 0.929. The van der Waals surface area contributed by atoms with E-state index >= 15 is 0 Å². The maximum atomic E-state index is 13.2.